The molecule has 1 aliphatic rings. The van der Waals surface area contributed by atoms with Gasteiger partial charge in [0.15, 0.2) is 5.76 Å². The lowest BCUT2D eigenvalue weighted by Gasteiger charge is -2.33. The Balaban J connectivity index is 1.37. The Labute approximate surface area is 185 Å². The maximum Gasteiger partial charge on any atom is 0.243 e. The van der Waals surface area contributed by atoms with E-state index in [9.17, 15) is 12.8 Å². The Bertz CT molecular complexity index is 1160. The van der Waals surface area contributed by atoms with E-state index in [1.807, 2.05) is 24.3 Å². The van der Waals surface area contributed by atoms with Crippen LogP contribution in [0.15, 0.2) is 58.0 Å². The molecular formula is C21H21ClFN3O4S. The quantitative estimate of drug-likeness (QED) is 0.553. The molecule has 4 rings (SSSR count). The highest BCUT2D eigenvalue weighted by Crippen LogP contribution is 2.25. The second-order valence-corrected chi connectivity index (χ2v) is 9.45. The van der Waals surface area contributed by atoms with Gasteiger partial charge in [0, 0.05) is 31.7 Å². The lowest BCUT2D eigenvalue weighted by atomic mass is 10.2. The van der Waals surface area contributed by atoms with Gasteiger partial charge in [0.25, 0.3) is 0 Å². The monoisotopic (exact) mass is 465 g/mol. The molecule has 10 heteroatoms. The molecule has 2 aromatic carbocycles. The van der Waals surface area contributed by atoms with Crippen LogP contribution in [-0.4, -0.2) is 55.9 Å². The summed E-state index contributed by atoms with van der Waals surface area (Å²) >= 11 is 5.74. The lowest BCUT2D eigenvalue weighted by molar-refractivity contribution is 0.168. The van der Waals surface area contributed by atoms with Crippen molar-refractivity contribution in [3.8, 4) is 17.1 Å². The first-order valence-corrected chi connectivity index (χ1v) is 11.5. The minimum Gasteiger partial charge on any atom is -0.497 e. The first-order valence-electron chi connectivity index (χ1n) is 9.63. The number of oxazole rings is 1. The first kappa shape index (κ1) is 21.8. The zero-order valence-corrected chi connectivity index (χ0v) is 18.4. The molecule has 1 saturated heterocycles. The van der Waals surface area contributed by atoms with Crippen molar-refractivity contribution in [2.24, 2.45) is 0 Å². The van der Waals surface area contributed by atoms with Crippen LogP contribution in [0.25, 0.3) is 11.3 Å². The minimum atomic E-state index is -3.73. The van der Waals surface area contributed by atoms with E-state index in [4.69, 9.17) is 20.8 Å². The van der Waals surface area contributed by atoms with Crippen LogP contribution in [0.5, 0.6) is 5.75 Å². The average molecular weight is 466 g/mol. The number of hydrogen-bond donors (Lipinski definition) is 0. The van der Waals surface area contributed by atoms with Gasteiger partial charge >= 0.3 is 0 Å². The van der Waals surface area contributed by atoms with E-state index in [-0.39, 0.29) is 9.92 Å². The zero-order chi connectivity index (χ0) is 22.0. The number of aromatic nitrogens is 1. The van der Waals surface area contributed by atoms with Gasteiger partial charge in [-0.3, -0.25) is 4.90 Å². The van der Waals surface area contributed by atoms with E-state index in [1.165, 1.54) is 10.4 Å². The number of sulfonamides is 1. The van der Waals surface area contributed by atoms with E-state index in [0.717, 1.165) is 23.4 Å². The molecule has 164 valence electrons. The number of piperazine rings is 1. The summed E-state index contributed by atoms with van der Waals surface area (Å²) in [4.78, 5) is 6.41. The van der Waals surface area contributed by atoms with E-state index in [2.05, 4.69) is 9.88 Å². The molecule has 1 fully saturated rings. The second kappa shape index (κ2) is 8.96. The van der Waals surface area contributed by atoms with Gasteiger partial charge in [-0.25, -0.2) is 17.8 Å². The molecule has 31 heavy (non-hydrogen) atoms. The standard InChI is InChI=1S/C21H21ClFN3O4S/c1-29-16-4-2-15(3-5-16)20-13-24-21(30-20)14-25-8-10-26(11-9-25)31(27,28)17-6-7-19(23)18(22)12-17/h2-7,12-13H,8-11,14H2,1H3. The molecule has 2 heterocycles. The Kier molecular flexibility index (Phi) is 6.29. The summed E-state index contributed by atoms with van der Waals surface area (Å²) in [5, 5.41) is -0.212. The van der Waals surface area contributed by atoms with Crippen molar-refractivity contribution in [3.05, 3.63) is 65.4 Å². The third-order valence-electron chi connectivity index (χ3n) is 5.15. The molecule has 0 aliphatic carbocycles. The van der Waals surface area contributed by atoms with Crippen molar-refractivity contribution < 1.29 is 22.0 Å². The summed E-state index contributed by atoms with van der Waals surface area (Å²) < 4.78 is 51.4. The zero-order valence-electron chi connectivity index (χ0n) is 16.8. The molecule has 0 N–H and O–H groups in total. The van der Waals surface area contributed by atoms with Crippen molar-refractivity contribution in [2.75, 3.05) is 33.3 Å². The minimum absolute atomic E-state index is 0.0100. The highest BCUT2D eigenvalue weighted by Gasteiger charge is 2.29. The van der Waals surface area contributed by atoms with Crippen molar-refractivity contribution in [1.82, 2.24) is 14.2 Å². The summed E-state index contributed by atoms with van der Waals surface area (Å²) in [6, 6.07) is 10.9. The SMILES string of the molecule is COc1ccc(-c2cnc(CN3CCN(S(=O)(=O)c4ccc(F)c(Cl)c4)CC3)o2)cc1. The van der Waals surface area contributed by atoms with Crippen LogP contribution < -0.4 is 4.74 Å². The molecule has 0 bridgehead atoms. The summed E-state index contributed by atoms with van der Waals surface area (Å²) in [6.07, 6.45) is 1.68. The van der Waals surface area contributed by atoms with Crippen LogP contribution in [0.2, 0.25) is 5.02 Å². The second-order valence-electron chi connectivity index (χ2n) is 7.10. The average Bonchev–Trinajstić information content (AvgIpc) is 3.24. The number of benzene rings is 2. The Hall–Kier alpha value is -2.46. The first-order chi connectivity index (χ1) is 14.9. The van der Waals surface area contributed by atoms with Gasteiger partial charge in [-0.15, -0.1) is 0 Å². The van der Waals surface area contributed by atoms with E-state index in [1.54, 1.807) is 13.3 Å². The highest BCUT2D eigenvalue weighted by molar-refractivity contribution is 7.89. The molecule has 7 nitrogen and oxygen atoms in total. The molecular weight excluding hydrogens is 445 g/mol. The van der Waals surface area contributed by atoms with Crippen molar-refractivity contribution in [2.45, 2.75) is 11.4 Å². The van der Waals surface area contributed by atoms with Gasteiger partial charge in [0.05, 0.1) is 29.8 Å². The van der Waals surface area contributed by atoms with Gasteiger partial charge < -0.3 is 9.15 Å². The Morgan fingerprint density at radius 1 is 1.13 bits per heavy atom. The molecule has 1 aliphatic heterocycles. The fourth-order valence-corrected chi connectivity index (χ4v) is 5.07. The fourth-order valence-electron chi connectivity index (χ4n) is 3.38. The van der Waals surface area contributed by atoms with Gasteiger partial charge in [0.2, 0.25) is 15.9 Å². The number of nitrogens with zero attached hydrogens (tertiary/aromatic N) is 3. The molecule has 1 aromatic heterocycles. The van der Waals surface area contributed by atoms with Crippen LogP contribution in [0.4, 0.5) is 4.39 Å². The number of hydrogen-bond acceptors (Lipinski definition) is 6. The summed E-state index contributed by atoms with van der Waals surface area (Å²) in [7, 11) is -2.12. The maximum atomic E-state index is 13.4. The van der Waals surface area contributed by atoms with Crippen molar-refractivity contribution in [3.63, 3.8) is 0 Å². The predicted octanol–water partition coefficient (Wildman–Crippen LogP) is 3.65. The Morgan fingerprint density at radius 2 is 1.84 bits per heavy atom. The summed E-state index contributed by atoms with van der Waals surface area (Å²) in [5.74, 6) is 1.34. The molecule has 0 unspecified atom stereocenters. The maximum absolute atomic E-state index is 13.4. The normalized spacial score (nSPS) is 15.8. The van der Waals surface area contributed by atoms with Crippen LogP contribution >= 0.6 is 11.6 Å². The third kappa shape index (κ3) is 4.74. The van der Waals surface area contributed by atoms with Gasteiger partial charge in [-0.2, -0.15) is 4.31 Å². The van der Waals surface area contributed by atoms with Crippen LogP contribution in [0, 0.1) is 5.82 Å². The fraction of sp³-hybridized carbons (Fsp3) is 0.286. The van der Waals surface area contributed by atoms with Gasteiger partial charge in [-0.05, 0) is 42.5 Å². The van der Waals surface area contributed by atoms with Crippen molar-refractivity contribution in [1.29, 1.82) is 0 Å². The number of methoxy groups -OCH3 is 1. The van der Waals surface area contributed by atoms with Gasteiger partial charge in [0.1, 0.15) is 11.6 Å². The number of halogens is 2. The smallest absolute Gasteiger partial charge is 0.243 e. The summed E-state index contributed by atoms with van der Waals surface area (Å²) in [6.45, 7) is 2.14. The lowest BCUT2D eigenvalue weighted by Crippen LogP contribution is -2.48. The van der Waals surface area contributed by atoms with Crippen molar-refractivity contribution >= 4 is 21.6 Å². The van der Waals surface area contributed by atoms with Crippen LogP contribution in [-0.2, 0) is 16.6 Å². The molecule has 0 spiro atoms. The number of rotatable bonds is 6. The third-order valence-corrected chi connectivity index (χ3v) is 7.33. The predicted molar refractivity (Wildman–Crippen MR) is 114 cm³/mol. The topological polar surface area (TPSA) is 75.9 Å². The Morgan fingerprint density at radius 3 is 2.48 bits per heavy atom. The van der Waals surface area contributed by atoms with E-state index in [0.29, 0.717) is 44.4 Å². The van der Waals surface area contributed by atoms with Crippen LogP contribution in [0.3, 0.4) is 0 Å². The molecule has 3 aromatic rings. The molecule has 0 amide bonds. The molecule has 0 atom stereocenters. The van der Waals surface area contributed by atoms with E-state index >= 15 is 0 Å². The summed E-state index contributed by atoms with van der Waals surface area (Å²) in [5.41, 5.74) is 0.897. The van der Waals surface area contributed by atoms with Gasteiger partial charge in [-0.1, -0.05) is 11.6 Å². The highest BCUT2D eigenvalue weighted by atomic mass is 35.5. The number of ether oxygens (including phenoxy) is 1. The largest absolute Gasteiger partial charge is 0.497 e. The molecule has 0 saturated carbocycles. The molecule has 0 radical (unpaired) electrons. The van der Waals surface area contributed by atoms with Crippen LogP contribution in [0.1, 0.15) is 5.89 Å². The van der Waals surface area contributed by atoms with E-state index < -0.39 is 15.8 Å².